The van der Waals surface area contributed by atoms with Crippen LogP contribution in [0.5, 0.6) is 0 Å². The maximum absolute atomic E-state index is 14.4. The van der Waals surface area contributed by atoms with Gasteiger partial charge in [-0.05, 0) is 29.8 Å². The van der Waals surface area contributed by atoms with Crippen LogP contribution >= 0.6 is 0 Å². The molecule has 1 aromatic carbocycles. The number of nitrogens with zero attached hydrogens (tertiary/aromatic N) is 6. The quantitative estimate of drug-likeness (QED) is 0.395. The van der Waals surface area contributed by atoms with Crippen LogP contribution < -0.4 is 4.72 Å². The van der Waals surface area contributed by atoms with Crippen molar-refractivity contribution in [3.05, 3.63) is 73.0 Å². The lowest BCUT2D eigenvalue weighted by molar-refractivity contribution is 0.586. The highest BCUT2D eigenvalue weighted by Gasteiger charge is 2.17. The van der Waals surface area contributed by atoms with Gasteiger partial charge in [0.25, 0.3) is 0 Å². The fourth-order valence-corrected chi connectivity index (χ4v) is 3.88. The van der Waals surface area contributed by atoms with Crippen molar-refractivity contribution in [2.75, 3.05) is 6.26 Å². The van der Waals surface area contributed by atoms with Gasteiger partial charge < -0.3 is 0 Å². The Morgan fingerprint density at radius 3 is 2.67 bits per heavy atom. The number of nitrogens with one attached hydrogen (secondary N) is 2. The van der Waals surface area contributed by atoms with Crippen LogP contribution in [0, 0.1) is 5.82 Å². The Morgan fingerprint density at radius 1 is 1.06 bits per heavy atom. The normalized spacial score (nSPS) is 11.8. The lowest BCUT2D eigenvalue weighted by Crippen LogP contribution is -2.21. The van der Waals surface area contributed by atoms with Crippen molar-refractivity contribution in [2.24, 2.45) is 0 Å². The molecular weight excluding hydrogens is 447 g/mol. The number of aromatic nitrogens is 7. The number of rotatable bonds is 6. The van der Waals surface area contributed by atoms with Crippen LogP contribution in [0.3, 0.4) is 0 Å². The van der Waals surface area contributed by atoms with Crippen molar-refractivity contribution < 1.29 is 12.8 Å². The average Bonchev–Trinajstić information content (AvgIpc) is 3.44. The number of benzene rings is 1. The number of sulfonamides is 1. The van der Waals surface area contributed by atoms with E-state index in [1.165, 1.54) is 18.5 Å². The molecule has 0 aliphatic rings. The summed E-state index contributed by atoms with van der Waals surface area (Å²) in [5, 5.41) is 8.00. The summed E-state index contributed by atoms with van der Waals surface area (Å²) in [6.45, 7) is -0.0363. The zero-order valence-corrected chi connectivity index (χ0v) is 18.1. The third kappa shape index (κ3) is 4.33. The second-order valence-corrected chi connectivity index (χ2v) is 9.18. The minimum Gasteiger partial charge on any atom is -0.298 e. The Kier molecular flexibility index (Phi) is 5.15. The van der Waals surface area contributed by atoms with Crippen molar-refractivity contribution in [3.8, 4) is 28.3 Å². The maximum Gasteiger partial charge on any atom is 0.209 e. The molecule has 5 rings (SSSR count). The number of aromatic amines is 1. The Morgan fingerprint density at radius 2 is 1.88 bits per heavy atom. The fourth-order valence-electron chi connectivity index (χ4n) is 3.46. The Balaban J connectivity index is 1.58. The third-order valence-corrected chi connectivity index (χ3v) is 5.59. The molecule has 0 atom stereocenters. The lowest BCUT2D eigenvalue weighted by Gasteiger charge is -2.10. The van der Waals surface area contributed by atoms with Gasteiger partial charge in [0.2, 0.25) is 10.0 Å². The zero-order chi connectivity index (χ0) is 23.0. The van der Waals surface area contributed by atoms with Crippen LogP contribution in [0.4, 0.5) is 4.39 Å². The Labute approximate surface area is 187 Å². The van der Waals surface area contributed by atoms with E-state index in [1.807, 2.05) is 6.07 Å². The van der Waals surface area contributed by atoms with E-state index in [-0.39, 0.29) is 6.54 Å². The van der Waals surface area contributed by atoms with Crippen LogP contribution in [-0.2, 0) is 16.6 Å². The second kappa shape index (κ2) is 8.15. The van der Waals surface area contributed by atoms with Gasteiger partial charge in [0, 0.05) is 48.7 Å². The lowest BCUT2D eigenvalue weighted by atomic mass is 10.1. The van der Waals surface area contributed by atoms with E-state index in [0.717, 1.165) is 22.8 Å². The van der Waals surface area contributed by atoms with Gasteiger partial charge in [-0.15, -0.1) is 0 Å². The summed E-state index contributed by atoms with van der Waals surface area (Å²) < 4.78 is 41.2. The predicted octanol–water partition coefficient (Wildman–Crippen LogP) is 2.46. The number of halogens is 1. The number of hydrogen-bond acceptors (Lipinski definition) is 7. The smallest absolute Gasteiger partial charge is 0.209 e. The molecule has 10 nitrogen and oxygen atoms in total. The molecule has 0 spiro atoms. The summed E-state index contributed by atoms with van der Waals surface area (Å²) in [7, 11) is -3.42. The molecule has 0 fully saturated rings. The van der Waals surface area contributed by atoms with E-state index in [0.29, 0.717) is 28.4 Å². The van der Waals surface area contributed by atoms with E-state index < -0.39 is 15.8 Å². The SMILES string of the molecule is CS(=O)(=O)NCc1cc(F)cc(-n2ccnc2-c2n[nH]c3ncc(-c4cncnc4)cc23)c1. The summed E-state index contributed by atoms with van der Waals surface area (Å²) >= 11 is 0. The van der Waals surface area contributed by atoms with Gasteiger partial charge >= 0.3 is 0 Å². The van der Waals surface area contributed by atoms with Gasteiger partial charge in [-0.25, -0.2) is 37.5 Å². The first kappa shape index (κ1) is 20.8. The van der Waals surface area contributed by atoms with E-state index in [1.54, 1.807) is 41.6 Å². The minimum atomic E-state index is -3.42. The van der Waals surface area contributed by atoms with E-state index in [9.17, 15) is 12.8 Å². The highest BCUT2D eigenvalue weighted by Crippen LogP contribution is 2.29. The van der Waals surface area contributed by atoms with Crippen LogP contribution in [-0.4, -0.2) is 49.4 Å². The van der Waals surface area contributed by atoms with Gasteiger partial charge in [0.1, 0.15) is 17.8 Å². The molecule has 166 valence electrons. The third-order valence-electron chi connectivity index (χ3n) is 4.92. The summed E-state index contributed by atoms with van der Waals surface area (Å²) in [5.41, 5.74) is 3.65. The Hall–Kier alpha value is -4.03. The summed E-state index contributed by atoms with van der Waals surface area (Å²) in [5.74, 6) is -0.0329. The predicted molar refractivity (Wildman–Crippen MR) is 119 cm³/mol. The molecular formula is C21H17FN8O2S. The molecule has 5 aromatic rings. The molecule has 0 saturated heterocycles. The summed E-state index contributed by atoms with van der Waals surface area (Å²) in [6.07, 6.45) is 10.8. The highest BCUT2D eigenvalue weighted by atomic mass is 32.2. The molecule has 2 N–H and O–H groups in total. The molecule has 0 amide bonds. The van der Waals surface area contributed by atoms with Crippen LogP contribution in [0.15, 0.2) is 61.6 Å². The van der Waals surface area contributed by atoms with Crippen molar-refractivity contribution in [1.29, 1.82) is 0 Å². The average molecular weight is 464 g/mol. The number of pyridine rings is 1. The van der Waals surface area contributed by atoms with Gasteiger partial charge in [-0.3, -0.25) is 9.67 Å². The van der Waals surface area contributed by atoms with Gasteiger partial charge in [-0.2, -0.15) is 5.10 Å². The fraction of sp³-hybridized carbons (Fsp3) is 0.0952. The molecule has 0 unspecified atom stereocenters. The van der Waals surface area contributed by atoms with Crippen LogP contribution in [0.25, 0.3) is 39.4 Å². The van der Waals surface area contributed by atoms with Gasteiger partial charge in [0.15, 0.2) is 11.5 Å². The number of hydrogen-bond donors (Lipinski definition) is 2. The topological polar surface area (TPSA) is 131 Å². The van der Waals surface area contributed by atoms with Gasteiger partial charge in [0.05, 0.1) is 17.3 Å². The first-order chi connectivity index (χ1) is 15.9. The zero-order valence-electron chi connectivity index (χ0n) is 17.3. The van der Waals surface area contributed by atoms with E-state index in [4.69, 9.17) is 0 Å². The largest absolute Gasteiger partial charge is 0.298 e. The first-order valence-electron chi connectivity index (χ1n) is 9.75. The first-order valence-corrected chi connectivity index (χ1v) is 11.6. The van der Waals surface area contributed by atoms with Crippen molar-refractivity contribution >= 4 is 21.1 Å². The van der Waals surface area contributed by atoms with Crippen LogP contribution in [0.1, 0.15) is 5.56 Å². The van der Waals surface area contributed by atoms with E-state index in [2.05, 4.69) is 34.9 Å². The molecule has 0 bridgehead atoms. The van der Waals surface area contributed by atoms with Crippen LogP contribution in [0.2, 0.25) is 0 Å². The molecule has 33 heavy (non-hydrogen) atoms. The maximum atomic E-state index is 14.4. The summed E-state index contributed by atoms with van der Waals surface area (Å²) in [4.78, 5) is 16.9. The monoisotopic (exact) mass is 464 g/mol. The highest BCUT2D eigenvalue weighted by molar-refractivity contribution is 7.88. The minimum absolute atomic E-state index is 0.0363. The van der Waals surface area contributed by atoms with E-state index >= 15 is 0 Å². The second-order valence-electron chi connectivity index (χ2n) is 7.35. The summed E-state index contributed by atoms with van der Waals surface area (Å²) in [6, 6.07) is 6.22. The van der Waals surface area contributed by atoms with Crippen molar-refractivity contribution in [1.82, 2.24) is 39.4 Å². The van der Waals surface area contributed by atoms with Crippen molar-refractivity contribution in [2.45, 2.75) is 6.54 Å². The molecule has 0 aliphatic carbocycles. The molecule has 0 radical (unpaired) electrons. The standard InChI is InChI=1S/C21H17FN8O2S/c1-33(31,32)27-8-13-4-16(22)7-17(5-13)30-3-2-25-21(30)19-18-6-14(11-26-20(18)29-28-19)15-9-23-12-24-10-15/h2-7,9-12,27H,8H2,1H3,(H,26,28,29). The number of fused-ring (bicyclic) bond motifs is 1. The molecule has 4 heterocycles. The molecule has 0 saturated carbocycles. The van der Waals surface area contributed by atoms with Gasteiger partial charge in [-0.1, -0.05) is 0 Å². The molecule has 4 aromatic heterocycles. The number of imidazole rings is 1. The molecule has 12 heteroatoms. The molecule has 0 aliphatic heterocycles. The number of H-pyrrole nitrogens is 1. The Bertz CT molecular complexity index is 1560. The van der Waals surface area contributed by atoms with Crippen molar-refractivity contribution in [3.63, 3.8) is 0 Å².